The average molecular weight is 306 g/mol. The van der Waals surface area contributed by atoms with Crippen molar-refractivity contribution in [3.05, 3.63) is 33.3 Å². The molecule has 1 aromatic rings. The van der Waals surface area contributed by atoms with Gasteiger partial charge in [-0.25, -0.2) is 0 Å². The number of rotatable bonds is 5. The lowest BCUT2D eigenvalue weighted by Gasteiger charge is -2.07. The van der Waals surface area contributed by atoms with Crippen LogP contribution in [0.25, 0.3) is 0 Å². The maximum Gasteiger partial charge on any atom is 0.252 e. The van der Waals surface area contributed by atoms with E-state index in [0.717, 1.165) is 17.6 Å². The number of halogens is 2. The predicted octanol–water partition coefficient (Wildman–Crippen LogP) is 2.44. The zero-order valence-electron chi connectivity index (χ0n) is 9.02. The molecule has 88 valence electrons. The molecule has 0 fully saturated rings. The Morgan fingerprint density at radius 2 is 2.19 bits per heavy atom. The number of carbonyl (C=O) groups is 1. The Morgan fingerprint density at radius 1 is 1.44 bits per heavy atom. The van der Waals surface area contributed by atoms with Gasteiger partial charge in [-0.1, -0.05) is 34.5 Å². The van der Waals surface area contributed by atoms with Crippen LogP contribution in [0, 0.1) is 0 Å². The van der Waals surface area contributed by atoms with E-state index in [0.29, 0.717) is 17.1 Å². The molecule has 3 nitrogen and oxygen atoms in total. The van der Waals surface area contributed by atoms with Crippen LogP contribution in [0.4, 0.5) is 0 Å². The van der Waals surface area contributed by atoms with Crippen LogP contribution in [0.1, 0.15) is 17.3 Å². The second-order valence-corrected chi connectivity index (χ2v) is 4.56. The Kier molecular flexibility index (Phi) is 5.80. The van der Waals surface area contributed by atoms with Gasteiger partial charge in [0.05, 0.1) is 10.6 Å². The molecule has 0 saturated carbocycles. The van der Waals surface area contributed by atoms with Crippen LogP contribution in [-0.2, 0) is 0 Å². The van der Waals surface area contributed by atoms with Crippen LogP contribution in [0.5, 0.6) is 0 Å². The fourth-order valence-electron chi connectivity index (χ4n) is 1.21. The predicted molar refractivity (Wildman–Crippen MR) is 70.0 cm³/mol. The third-order valence-corrected chi connectivity index (χ3v) is 2.83. The van der Waals surface area contributed by atoms with Crippen molar-refractivity contribution in [3.63, 3.8) is 0 Å². The summed E-state index contributed by atoms with van der Waals surface area (Å²) in [5.74, 6) is -0.149. The van der Waals surface area contributed by atoms with E-state index in [1.54, 1.807) is 18.2 Å². The van der Waals surface area contributed by atoms with Crippen molar-refractivity contribution in [2.45, 2.75) is 6.92 Å². The van der Waals surface area contributed by atoms with Crippen molar-refractivity contribution in [1.29, 1.82) is 0 Å². The summed E-state index contributed by atoms with van der Waals surface area (Å²) in [7, 11) is 0. The third-order valence-electron chi connectivity index (χ3n) is 2.01. The van der Waals surface area contributed by atoms with Gasteiger partial charge < -0.3 is 10.6 Å². The van der Waals surface area contributed by atoms with Gasteiger partial charge in [0.1, 0.15) is 0 Å². The van der Waals surface area contributed by atoms with Gasteiger partial charge in [-0.2, -0.15) is 0 Å². The first-order chi connectivity index (χ1) is 7.65. The molecule has 1 amide bonds. The van der Waals surface area contributed by atoms with Gasteiger partial charge in [0.25, 0.3) is 5.91 Å². The Balaban J connectivity index is 2.55. The first-order valence-electron chi connectivity index (χ1n) is 5.09. The summed E-state index contributed by atoms with van der Waals surface area (Å²) in [6.45, 7) is 4.27. The molecule has 0 spiro atoms. The number of nitrogens with one attached hydrogen (secondary N) is 2. The highest BCUT2D eigenvalue weighted by Crippen LogP contribution is 2.20. The van der Waals surface area contributed by atoms with E-state index in [1.165, 1.54) is 0 Å². The maximum atomic E-state index is 11.7. The highest BCUT2D eigenvalue weighted by atomic mass is 79.9. The molecule has 0 unspecified atom stereocenters. The third kappa shape index (κ3) is 4.12. The van der Waals surface area contributed by atoms with Crippen LogP contribution >= 0.6 is 27.5 Å². The topological polar surface area (TPSA) is 41.1 Å². The van der Waals surface area contributed by atoms with Gasteiger partial charge in [-0.15, -0.1) is 0 Å². The normalized spacial score (nSPS) is 10.2. The smallest absolute Gasteiger partial charge is 0.252 e. The number of likely N-dealkylation sites (N-methyl/N-ethyl adjacent to an activating group) is 1. The number of amides is 1. The van der Waals surface area contributed by atoms with Crippen molar-refractivity contribution in [2.75, 3.05) is 19.6 Å². The lowest BCUT2D eigenvalue weighted by Crippen LogP contribution is -2.31. The lowest BCUT2D eigenvalue weighted by atomic mass is 10.2. The monoisotopic (exact) mass is 304 g/mol. The molecule has 0 radical (unpaired) electrons. The van der Waals surface area contributed by atoms with E-state index in [1.807, 2.05) is 6.92 Å². The summed E-state index contributed by atoms with van der Waals surface area (Å²) in [5.41, 5.74) is 0.493. The van der Waals surface area contributed by atoms with Gasteiger partial charge in [-0.05, 0) is 24.7 Å². The Morgan fingerprint density at radius 3 is 2.88 bits per heavy atom. The number of hydrogen-bond acceptors (Lipinski definition) is 2. The van der Waals surface area contributed by atoms with E-state index in [4.69, 9.17) is 11.6 Å². The molecule has 0 saturated heterocycles. The molecule has 16 heavy (non-hydrogen) atoms. The molecule has 0 heterocycles. The zero-order chi connectivity index (χ0) is 12.0. The van der Waals surface area contributed by atoms with Gasteiger partial charge in [0.15, 0.2) is 0 Å². The van der Waals surface area contributed by atoms with Crippen LogP contribution in [0.3, 0.4) is 0 Å². The molecule has 1 aromatic carbocycles. The molecule has 0 aromatic heterocycles. The SMILES string of the molecule is CCNCCNC(=O)c1cc(Br)ccc1Cl. The van der Waals surface area contributed by atoms with E-state index >= 15 is 0 Å². The molecule has 0 bridgehead atoms. The summed E-state index contributed by atoms with van der Waals surface area (Å²) >= 11 is 9.24. The summed E-state index contributed by atoms with van der Waals surface area (Å²) in [6.07, 6.45) is 0. The van der Waals surface area contributed by atoms with Crippen molar-refractivity contribution in [3.8, 4) is 0 Å². The molecule has 0 aliphatic carbocycles. The molecule has 1 rings (SSSR count). The standard InChI is InChI=1S/C11H14BrClN2O/c1-2-14-5-6-15-11(16)9-7-8(12)3-4-10(9)13/h3-4,7,14H,2,5-6H2,1H3,(H,15,16). The maximum absolute atomic E-state index is 11.7. The van der Waals surface area contributed by atoms with Crippen LogP contribution in [0.2, 0.25) is 5.02 Å². The summed E-state index contributed by atoms with van der Waals surface area (Å²) in [6, 6.07) is 5.22. The molecular formula is C11H14BrClN2O. The molecule has 0 atom stereocenters. The highest BCUT2D eigenvalue weighted by molar-refractivity contribution is 9.10. The minimum atomic E-state index is -0.149. The van der Waals surface area contributed by atoms with E-state index in [-0.39, 0.29) is 5.91 Å². The van der Waals surface area contributed by atoms with E-state index < -0.39 is 0 Å². The van der Waals surface area contributed by atoms with Crippen LogP contribution in [-0.4, -0.2) is 25.5 Å². The summed E-state index contributed by atoms with van der Waals surface area (Å²) < 4.78 is 0.841. The molecule has 0 aliphatic heterocycles. The van der Waals surface area contributed by atoms with E-state index in [9.17, 15) is 4.79 Å². The van der Waals surface area contributed by atoms with Crippen LogP contribution in [0.15, 0.2) is 22.7 Å². The minimum Gasteiger partial charge on any atom is -0.351 e. The Hall–Kier alpha value is -0.580. The number of carbonyl (C=O) groups excluding carboxylic acids is 1. The highest BCUT2D eigenvalue weighted by Gasteiger charge is 2.09. The second-order valence-electron chi connectivity index (χ2n) is 3.23. The van der Waals surface area contributed by atoms with Gasteiger partial charge in [-0.3, -0.25) is 4.79 Å². The van der Waals surface area contributed by atoms with E-state index in [2.05, 4.69) is 26.6 Å². The summed E-state index contributed by atoms with van der Waals surface area (Å²) in [5, 5.41) is 6.38. The molecular weight excluding hydrogens is 291 g/mol. The van der Waals surface area contributed by atoms with Gasteiger partial charge >= 0.3 is 0 Å². The first kappa shape index (κ1) is 13.5. The van der Waals surface area contributed by atoms with Crippen molar-refractivity contribution >= 4 is 33.4 Å². The fraction of sp³-hybridized carbons (Fsp3) is 0.364. The first-order valence-corrected chi connectivity index (χ1v) is 6.26. The van der Waals surface area contributed by atoms with Gasteiger partial charge in [0, 0.05) is 17.6 Å². The number of benzene rings is 1. The van der Waals surface area contributed by atoms with Crippen molar-refractivity contribution in [2.24, 2.45) is 0 Å². The largest absolute Gasteiger partial charge is 0.351 e. The lowest BCUT2D eigenvalue weighted by molar-refractivity contribution is 0.0954. The quantitative estimate of drug-likeness (QED) is 0.821. The Labute approximate surface area is 109 Å². The zero-order valence-corrected chi connectivity index (χ0v) is 11.4. The fourth-order valence-corrected chi connectivity index (χ4v) is 1.77. The van der Waals surface area contributed by atoms with Gasteiger partial charge in [0.2, 0.25) is 0 Å². The Bertz CT molecular complexity index is 371. The van der Waals surface area contributed by atoms with Crippen LogP contribution < -0.4 is 10.6 Å². The average Bonchev–Trinajstić information content (AvgIpc) is 2.27. The van der Waals surface area contributed by atoms with Crippen molar-refractivity contribution in [1.82, 2.24) is 10.6 Å². The molecule has 5 heteroatoms. The molecule has 0 aliphatic rings. The second kappa shape index (κ2) is 6.89. The van der Waals surface area contributed by atoms with Crippen molar-refractivity contribution < 1.29 is 4.79 Å². The molecule has 2 N–H and O–H groups in total. The minimum absolute atomic E-state index is 0.149. The summed E-state index contributed by atoms with van der Waals surface area (Å²) in [4.78, 5) is 11.7. The number of hydrogen-bond donors (Lipinski definition) is 2.